The smallest absolute Gasteiger partial charge is 0.258 e. The molecule has 0 saturated carbocycles. The van der Waals surface area contributed by atoms with Crippen LogP contribution in [0.15, 0.2) is 77.2 Å². The summed E-state index contributed by atoms with van der Waals surface area (Å²) in [5, 5.41) is 8.90. The first kappa shape index (κ1) is 22.6. The van der Waals surface area contributed by atoms with E-state index < -0.39 is 0 Å². The summed E-state index contributed by atoms with van der Waals surface area (Å²) in [6, 6.07) is 21.3. The molecule has 0 aliphatic rings. The molecule has 1 amide bonds. The maximum atomic E-state index is 12.8. The van der Waals surface area contributed by atoms with E-state index in [1.807, 2.05) is 24.3 Å². The number of thiocarbonyl (C=S) groups is 1. The third kappa shape index (κ3) is 4.45. The van der Waals surface area contributed by atoms with Gasteiger partial charge < -0.3 is 9.73 Å². The number of oxazole rings is 1. The van der Waals surface area contributed by atoms with Gasteiger partial charge in [0.05, 0.1) is 5.02 Å². The second-order valence-corrected chi connectivity index (χ2v) is 9.04. The largest absolute Gasteiger partial charge is 0.435 e. The van der Waals surface area contributed by atoms with E-state index in [4.69, 9.17) is 51.4 Å². The highest BCUT2D eigenvalue weighted by molar-refractivity contribution is 7.80. The molecule has 0 fully saturated rings. The van der Waals surface area contributed by atoms with Crippen molar-refractivity contribution in [2.45, 2.75) is 0 Å². The molecule has 5 rings (SSSR count). The molecule has 0 saturated heterocycles. The minimum Gasteiger partial charge on any atom is -0.435 e. The molecule has 4 aromatic carbocycles. The fraction of sp³-hybridized carbons (Fsp3) is 0. The number of nitrogens with zero attached hydrogens (tertiary/aromatic N) is 1. The van der Waals surface area contributed by atoms with Gasteiger partial charge in [0.15, 0.2) is 10.7 Å². The molecule has 0 radical (unpaired) electrons. The zero-order valence-corrected chi connectivity index (χ0v) is 20.3. The second kappa shape index (κ2) is 9.24. The summed E-state index contributed by atoms with van der Waals surface area (Å²) in [5.41, 5.74) is 2.97. The van der Waals surface area contributed by atoms with Gasteiger partial charge in [-0.1, -0.05) is 59.1 Å². The number of halogens is 3. The van der Waals surface area contributed by atoms with Gasteiger partial charge in [0.25, 0.3) is 5.91 Å². The zero-order chi connectivity index (χ0) is 23.8. The molecule has 2 N–H and O–H groups in total. The lowest BCUT2D eigenvalue weighted by molar-refractivity contribution is 0.0979. The van der Waals surface area contributed by atoms with Crippen LogP contribution in [-0.2, 0) is 0 Å². The summed E-state index contributed by atoms with van der Waals surface area (Å²) in [5.74, 6) is 0.0835. The molecule has 9 heteroatoms. The Kier molecular flexibility index (Phi) is 6.15. The van der Waals surface area contributed by atoms with Crippen LogP contribution in [-0.4, -0.2) is 16.0 Å². The molecule has 1 aromatic heterocycles. The maximum absolute atomic E-state index is 12.8. The van der Waals surface area contributed by atoms with E-state index in [1.165, 1.54) is 0 Å². The van der Waals surface area contributed by atoms with Crippen molar-refractivity contribution in [1.82, 2.24) is 10.3 Å². The van der Waals surface area contributed by atoms with Gasteiger partial charge in [-0.3, -0.25) is 10.1 Å². The standard InChI is InChI=1S/C25H14Cl3N3O2S/c26-14-11-20(28)22-21(12-14)30-24(33-22)13-7-9-15(10-8-13)29-25(34)31-23(32)18-5-1-4-17-16(18)3-2-6-19(17)27/h1-12H,(H2,29,31,32,34). The van der Waals surface area contributed by atoms with E-state index in [0.717, 1.165) is 16.3 Å². The molecular weight excluding hydrogens is 513 g/mol. The van der Waals surface area contributed by atoms with Crippen molar-refractivity contribution in [3.05, 3.63) is 93.4 Å². The van der Waals surface area contributed by atoms with Crippen molar-refractivity contribution >= 4 is 85.6 Å². The van der Waals surface area contributed by atoms with Crippen LogP contribution in [0.3, 0.4) is 0 Å². The van der Waals surface area contributed by atoms with Gasteiger partial charge in [-0.15, -0.1) is 0 Å². The first-order valence-corrected chi connectivity index (χ1v) is 11.6. The monoisotopic (exact) mass is 525 g/mol. The number of hydrogen-bond donors (Lipinski definition) is 2. The van der Waals surface area contributed by atoms with Gasteiger partial charge in [-0.2, -0.15) is 0 Å². The molecule has 0 atom stereocenters. The average Bonchev–Trinajstić information content (AvgIpc) is 3.24. The molecule has 34 heavy (non-hydrogen) atoms. The van der Waals surface area contributed by atoms with Gasteiger partial charge in [0.1, 0.15) is 5.52 Å². The van der Waals surface area contributed by atoms with Crippen LogP contribution in [0, 0.1) is 0 Å². The van der Waals surface area contributed by atoms with E-state index >= 15 is 0 Å². The minimum absolute atomic E-state index is 0.167. The number of nitrogens with one attached hydrogen (secondary N) is 2. The number of amides is 1. The number of carbonyl (C=O) groups excluding carboxylic acids is 1. The third-order valence-electron chi connectivity index (χ3n) is 5.14. The lowest BCUT2D eigenvalue weighted by atomic mass is 10.0. The zero-order valence-electron chi connectivity index (χ0n) is 17.2. The number of hydrogen-bond acceptors (Lipinski definition) is 4. The predicted molar refractivity (Wildman–Crippen MR) is 142 cm³/mol. The highest BCUT2D eigenvalue weighted by atomic mass is 35.5. The van der Waals surface area contributed by atoms with Gasteiger partial charge in [0.2, 0.25) is 5.89 Å². The van der Waals surface area contributed by atoms with Crippen LogP contribution in [0.1, 0.15) is 10.4 Å². The van der Waals surface area contributed by atoms with E-state index in [1.54, 1.807) is 48.5 Å². The van der Waals surface area contributed by atoms with Crippen LogP contribution in [0.5, 0.6) is 0 Å². The molecule has 5 aromatic rings. The van der Waals surface area contributed by atoms with E-state index in [9.17, 15) is 4.79 Å². The summed E-state index contributed by atoms with van der Waals surface area (Å²) in [7, 11) is 0. The van der Waals surface area contributed by atoms with Crippen molar-refractivity contribution < 1.29 is 9.21 Å². The van der Waals surface area contributed by atoms with E-state index in [-0.39, 0.29) is 11.0 Å². The second-order valence-electron chi connectivity index (χ2n) is 7.38. The summed E-state index contributed by atoms with van der Waals surface area (Å²) >= 11 is 23.8. The normalized spacial score (nSPS) is 11.0. The molecule has 0 aliphatic heterocycles. The SMILES string of the molecule is O=C(NC(=S)Nc1ccc(-c2nc3cc(Cl)cc(Cl)c3o2)cc1)c1cccc2c(Cl)cccc12. The summed E-state index contributed by atoms with van der Waals surface area (Å²) in [6.07, 6.45) is 0. The van der Waals surface area contributed by atoms with E-state index in [2.05, 4.69) is 15.6 Å². The van der Waals surface area contributed by atoms with Crippen molar-refractivity contribution in [3.63, 3.8) is 0 Å². The van der Waals surface area contributed by atoms with Crippen molar-refractivity contribution in [1.29, 1.82) is 0 Å². The number of carbonyl (C=O) groups is 1. The molecule has 0 bridgehead atoms. The molecular formula is C25H14Cl3N3O2S. The summed E-state index contributed by atoms with van der Waals surface area (Å²) in [6.45, 7) is 0. The molecule has 5 nitrogen and oxygen atoms in total. The van der Waals surface area contributed by atoms with Crippen molar-refractivity contribution in [3.8, 4) is 11.5 Å². The maximum Gasteiger partial charge on any atom is 0.258 e. The average molecular weight is 527 g/mol. The quantitative estimate of drug-likeness (QED) is 0.235. The Bertz CT molecular complexity index is 1580. The molecule has 0 spiro atoms. The Morgan fingerprint density at radius 3 is 2.41 bits per heavy atom. The van der Waals surface area contributed by atoms with Crippen LogP contribution in [0.2, 0.25) is 15.1 Å². The number of rotatable bonds is 3. The summed E-state index contributed by atoms with van der Waals surface area (Å²) < 4.78 is 5.79. The topological polar surface area (TPSA) is 67.2 Å². The summed E-state index contributed by atoms with van der Waals surface area (Å²) in [4.78, 5) is 17.3. The molecule has 1 heterocycles. The van der Waals surface area contributed by atoms with Crippen LogP contribution in [0.25, 0.3) is 33.3 Å². The Morgan fingerprint density at radius 1 is 0.882 bits per heavy atom. The van der Waals surface area contributed by atoms with Crippen LogP contribution in [0.4, 0.5) is 5.69 Å². The predicted octanol–water partition coefficient (Wildman–Crippen LogP) is 7.74. The van der Waals surface area contributed by atoms with Gasteiger partial charge in [0, 0.05) is 32.2 Å². The molecule has 0 unspecified atom stereocenters. The Balaban J connectivity index is 1.30. The van der Waals surface area contributed by atoms with E-state index in [0.29, 0.717) is 43.3 Å². The van der Waals surface area contributed by atoms with Crippen LogP contribution >= 0.6 is 47.0 Å². The lowest BCUT2D eigenvalue weighted by Gasteiger charge is -2.11. The van der Waals surface area contributed by atoms with Gasteiger partial charge in [-0.25, -0.2) is 4.98 Å². The number of aromatic nitrogens is 1. The van der Waals surface area contributed by atoms with Crippen molar-refractivity contribution in [2.75, 3.05) is 5.32 Å². The third-order valence-corrected chi connectivity index (χ3v) is 6.17. The molecule has 168 valence electrons. The fourth-order valence-corrected chi connectivity index (χ4v) is 4.55. The number of benzene rings is 4. The first-order valence-electron chi connectivity index (χ1n) is 10.0. The minimum atomic E-state index is -0.330. The fourth-order valence-electron chi connectivity index (χ4n) is 3.58. The lowest BCUT2D eigenvalue weighted by Crippen LogP contribution is -2.34. The van der Waals surface area contributed by atoms with Gasteiger partial charge >= 0.3 is 0 Å². The van der Waals surface area contributed by atoms with Crippen LogP contribution < -0.4 is 10.6 Å². The number of anilines is 1. The van der Waals surface area contributed by atoms with Crippen molar-refractivity contribution in [2.24, 2.45) is 0 Å². The Labute approximate surface area is 214 Å². The Hall–Kier alpha value is -3.16. The Morgan fingerprint density at radius 2 is 1.62 bits per heavy atom. The van der Waals surface area contributed by atoms with Gasteiger partial charge in [-0.05, 0) is 66.1 Å². The molecule has 0 aliphatic carbocycles. The number of fused-ring (bicyclic) bond motifs is 2. The highest BCUT2D eigenvalue weighted by Crippen LogP contribution is 2.32. The first-order chi connectivity index (χ1) is 16.4. The highest BCUT2D eigenvalue weighted by Gasteiger charge is 2.14.